The maximum absolute atomic E-state index is 11.1. The van der Waals surface area contributed by atoms with Gasteiger partial charge in [0.25, 0.3) is 0 Å². The summed E-state index contributed by atoms with van der Waals surface area (Å²) in [5.41, 5.74) is 0. The molecule has 13 heavy (non-hydrogen) atoms. The Bertz CT molecular complexity index is 225. The van der Waals surface area contributed by atoms with Gasteiger partial charge in [-0.3, -0.25) is 4.79 Å². The number of carbonyl (C=O) groups is 2. The highest BCUT2D eigenvalue weighted by molar-refractivity contribution is 6.03. The van der Waals surface area contributed by atoms with Crippen molar-refractivity contribution in [1.82, 2.24) is 0 Å². The predicted molar refractivity (Wildman–Crippen MR) is 41.9 cm³/mol. The standard InChI is InChI=1S/C8H12O5/c1-8(2)12-4-5(9)6(13-8)7(10)11-3/h6H,4H2,1-3H3. The van der Waals surface area contributed by atoms with E-state index in [1.165, 1.54) is 7.11 Å². The van der Waals surface area contributed by atoms with Gasteiger partial charge in [0.1, 0.15) is 6.61 Å². The second-order valence-corrected chi connectivity index (χ2v) is 3.18. The molecular formula is C8H12O5. The fraction of sp³-hybridized carbons (Fsp3) is 0.750. The zero-order valence-electron chi connectivity index (χ0n) is 7.83. The van der Waals surface area contributed by atoms with E-state index in [1.807, 2.05) is 0 Å². The first-order valence-electron chi connectivity index (χ1n) is 3.88. The molecule has 0 spiro atoms. The van der Waals surface area contributed by atoms with Gasteiger partial charge in [0.05, 0.1) is 7.11 Å². The Morgan fingerprint density at radius 2 is 2.23 bits per heavy atom. The fourth-order valence-electron chi connectivity index (χ4n) is 0.991. The van der Waals surface area contributed by atoms with E-state index in [4.69, 9.17) is 9.47 Å². The summed E-state index contributed by atoms with van der Waals surface area (Å²) in [6.07, 6.45) is -1.14. The molecular weight excluding hydrogens is 176 g/mol. The lowest BCUT2D eigenvalue weighted by atomic mass is 10.2. The van der Waals surface area contributed by atoms with Crippen LogP contribution in [0.4, 0.5) is 0 Å². The minimum atomic E-state index is -1.14. The van der Waals surface area contributed by atoms with Crippen LogP contribution in [0, 0.1) is 0 Å². The number of esters is 1. The number of hydrogen-bond donors (Lipinski definition) is 0. The van der Waals surface area contributed by atoms with E-state index in [0.29, 0.717) is 0 Å². The molecule has 0 aliphatic carbocycles. The molecule has 0 N–H and O–H groups in total. The topological polar surface area (TPSA) is 61.8 Å². The minimum Gasteiger partial charge on any atom is -0.467 e. The number of ketones is 1. The Hall–Kier alpha value is -0.940. The van der Waals surface area contributed by atoms with Gasteiger partial charge in [0.15, 0.2) is 11.6 Å². The lowest BCUT2D eigenvalue weighted by Gasteiger charge is -2.33. The average Bonchev–Trinajstić information content (AvgIpc) is 2.08. The highest BCUT2D eigenvalue weighted by atomic mass is 16.7. The summed E-state index contributed by atoms with van der Waals surface area (Å²) in [6.45, 7) is 3.15. The molecule has 1 aliphatic heterocycles. The zero-order valence-corrected chi connectivity index (χ0v) is 7.83. The normalized spacial score (nSPS) is 27.0. The molecule has 1 saturated heterocycles. The Labute approximate surface area is 76.0 Å². The first-order chi connectivity index (χ1) is 5.96. The summed E-state index contributed by atoms with van der Waals surface area (Å²) in [6, 6.07) is 0. The molecule has 1 fully saturated rings. The molecule has 1 aliphatic rings. The van der Waals surface area contributed by atoms with Crippen molar-refractivity contribution in [3.63, 3.8) is 0 Å². The number of rotatable bonds is 1. The van der Waals surface area contributed by atoms with Gasteiger partial charge < -0.3 is 14.2 Å². The van der Waals surface area contributed by atoms with Gasteiger partial charge in [-0.05, 0) is 13.8 Å². The average molecular weight is 188 g/mol. The van der Waals surface area contributed by atoms with Crippen LogP contribution in [0.5, 0.6) is 0 Å². The summed E-state index contributed by atoms with van der Waals surface area (Å²) in [4.78, 5) is 22.2. The summed E-state index contributed by atoms with van der Waals surface area (Å²) in [5.74, 6) is -2.00. The quantitative estimate of drug-likeness (QED) is 0.424. The van der Waals surface area contributed by atoms with E-state index in [0.717, 1.165) is 0 Å². The lowest BCUT2D eigenvalue weighted by Crippen LogP contribution is -2.49. The number of methoxy groups -OCH3 is 1. The van der Waals surface area contributed by atoms with Gasteiger partial charge in [-0.1, -0.05) is 0 Å². The Morgan fingerprint density at radius 3 is 2.77 bits per heavy atom. The van der Waals surface area contributed by atoms with E-state index < -0.39 is 23.6 Å². The van der Waals surface area contributed by atoms with Crippen LogP contribution in [-0.4, -0.2) is 37.4 Å². The van der Waals surface area contributed by atoms with Crippen LogP contribution in [-0.2, 0) is 23.8 Å². The van der Waals surface area contributed by atoms with E-state index in [-0.39, 0.29) is 6.61 Å². The Morgan fingerprint density at radius 1 is 1.62 bits per heavy atom. The summed E-state index contributed by atoms with van der Waals surface area (Å²) >= 11 is 0. The summed E-state index contributed by atoms with van der Waals surface area (Å²) in [5, 5.41) is 0. The van der Waals surface area contributed by atoms with Crippen LogP contribution in [0.1, 0.15) is 13.8 Å². The van der Waals surface area contributed by atoms with Gasteiger partial charge in [-0.2, -0.15) is 0 Å². The molecule has 0 aromatic rings. The first-order valence-corrected chi connectivity index (χ1v) is 3.88. The smallest absolute Gasteiger partial charge is 0.343 e. The highest BCUT2D eigenvalue weighted by Crippen LogP contribution is 2.20. The Balaban J connectivity index is 2.71. The number of ether oxygens (including phenoxy) is 3. The van der Waals surface area contributed by atoms with Crippen molar-refractivity contribution in [2.45, 2.75) is 25.7 Å². The van der Waals surface area contributed by atoms with Gasteiger partial charge in [0, 0.05) is 0 Å². The predicted octanol–water partition coefficient (Wildman–Crippen LogP) is -0.120. The van der Waals surface area contributed by atoms with Crippen molar-refractivity contribution < 1.29 is 23.8 Å². The first kappa shape index (κ1) is 10.1. The lowest BCUT2D eigenvalue weighted by molar-refractivity contribution is -0.259. The van der Waals surface area contributed by atoms with Gasteiger partial charge in [-0.15, -0.1) is 0 Å². The van der Waals surface area contributed by atoms with Crippen LogP contribution in [0.2, 0.25) is 0 Å². The van der Waals surface area contributed by atoms with Crippen LogP contribution < -0.4 is 0 Å². The molecule has 0 saturated carbocycles. The monoisotopic (exact) mass is 188 g/mol. The maximum Gasteiger partial charge on any atom is 0.343 e. The third kappa shape index (κ3) is 2.26. The molecule has 5 nitrogen and oxygen atoms in total. The molecule has 5 heteroatoms. The van der Waals surface area contributed by atoms with E-state index in [2.05, 4.69) is 4.74 Å². The number of carbonyl (C=O) groups excluding carboxylic acids is 2. The zero-order chi connectivity index (χ0) is 10.1. The third-order valence-corrected chi connectivity index (χ3v) is 1.67. The molecule has 1 unspecified atom stereocenters. The number of hydrogen-bond acceptors (Lipinski definition) is 5. The molecule has 1 rings (SSSR count). The van der Waals surface area contributed by atoms with E-state index in [9.17, 15) is 9.59 Å². The molecule has 0 bridgehead atoms. The molecule has 1 atom stereocenters. The summed E-state index contributed by atoms with van der Waals surface area (Å²) < 4.78 is 14.5. The molecule has 74 valence electrons. The molecule has 1 heterocycles. The SMILES string of the molecule is COC(=O)C1OC(C)(C)OCC1=O. The summed E-state index contributed by atoms with van der Waals surface area (Å²) in [7, 11) is 1.21. The second-order valence-electron chi connectivity index (χ2n) is 3.18. The van der Waals surface area contributed by atoms with Crippen LogP contribution in [0.25, 0.3) is 0 Å². The molecule has 0 aromatic carbocycles. The van der Waals surface area contributed by atoms with Gasteiger partial charge in [0.2, 0.25) is 6.10 Å². The van der Waals surface area contributed by atoms with Crippen molar-refractivity contribution in [1.29, 1.82) is 0 Å². The van der Waals surface area contributed by atoms with Crippen LogP contribution >= 0.6 is 0 Å². The third-order valence-electron chi connectivity index (χ3n) is 1.67. The van der Waals surface area contributed by atoms with Crippen LogP contribution in [0.15, 0.2) is 0 Å². The van der Waals surface area contributed by atoms with Crippen LogP contribution in [0.3, 0.4) is 0 Å². The van der Waals surface area contributed by atoms with Crippen molar-refractivity contribution in [3.8, 4) is 0 Å². The minimum absolute atomic E-state index is 0.118. The molecule has 0 radical (unpaired) electrons. The highest BCUT2D eigenvalue weighted by Gasteiger charge is 2.40. The van der Waals surface area contributed by atoms with Gasteiger partial charge in [-0.25, -0.2) is 4.79 Å². The second kappa shape index (κ2) is 3.43. The molecule has 0 aromatic heterocycles. The maximum atomic E-state index is 11.1. The van der Waals surface area contributed by atoms with Crippen molar-refractivity contribution in [3.05, 3.63) is 0 Å². The van der Waals surface area contributed by atoms with E-state index in [1.54, 1.807) is 13.8 Å². The Kier molecular flexibility index (Phi) is 2.68. The largest absolute Gasteiger partial charge is 0.467 e. The van der Waals surface area contributed by atoms with Crippen molar-refractivity contribution in [2.24, 2.45) is 0 Å². The molecule has 0 amide bonds. The fourth-order valence-corrected chi connectivity index (χ4v) is 0.991. The van der Waals surface area contributed by atoms with Gasteiger partial charge >= 0.3 is 5.97 Å². The number of Topliss-reactive ketones (excluding diaryl/α,β-unsaturated/α-hetero) is 1. The van der Waals surface area contributed by atoms with E-state index >= 15 is 0 Å². The van der Waals surface area contributed by atoms with Crippen molar-refractivity contribution >= 4 is 11.8 Å². The van der Waals surface area contributed by atoms with Crippen molar-refractivity contribution in [2.75, 3.05) is 13.7 Å².